The van der Waals surface area contributed by atoms with Crippen molar-refractivity contribution < 1.29 is 8.42 Å². The minimum atomic E-state index is -3.92. The van der Waals surface area contributed by atoms with Gasteiger partial charge < -0.3 is 0 Å². The van der Waals surface area contributed by atoms with Crippen molar-refractivity contribution in [2.24, 2.45) is 0 Å². The first-order chi connectivity index (χ1) is 9.38. The van der Waals surface area contributed by atoms with Crippen LogP contribution in [0.2, 0.25) is 0 Å². The van der Waals surface area contributed by atoms with Gasteiger partial charge in [0.1, 0.15) is 5.69 Å². The van der Waals surface area contributed by atoms with Gasteiger partial charge >= 0.3 is 0 Å². The number of hydrogen-bond acceptors (Lipinski definition) is 5. The Morgan fingerprint density at radius 1 is 1.30 bits per heavy atom. The Hall–Kier alpha value is -1.41. The van der Waals surface area contributed by atoms with Crippen molar-refractivity contribution in [3.63, 3.8) is 0 Å². The molecule has 110 valence electrons. The van der Waals surface area contributed by atoms with Crippen molar-refractivity contribution in [1.29, 1.82) is 0 Å². The molecule has 0 saturated carbocycles. The van der Waals surface area contributed by atoms with E-state index in [4.69, 9.17) is 10.7 Å². The van der Waals surface area contributed by atoms with E-state index in [2.05, 4.69) is 15.3 Å². The van der Waals surface area contributed by atoms with Crippen LogP contribution in [-0.4, -0.2) is 33.0 Å². The van der Waals surface area contributed by atoms with Crippen LogP contribution in [0.3, 0.4) is 0 Å². The molecular formula is C11H16ClN5O2S. The third-order valence-corrected chi connectivity index (χ3v) is 3.97. The molecule has 0 radical (unpaired) electrons. The van der Waals surface area contributed by atoms with Gasteiger partial charge in [-0.15, -0.1) is 10.2 Å². The molecule has 0 N–H and O–H groups in total. The molecule has 0 fully saturated rings. The van der Waals surface area contributed by atoms with Crippen molar-refractivity contribution >= 4 is 19.7 Å². The first-order valence-electron chi connectivity index (χ1n) is 6.31. The van der Waals surface area contributed by atoms with Gasteiger partial charge in [0.2, 0.25) is 0 Å². The zero-order valence-electron chi connectivity index (χ0n) is 11.5. The summed E-state index contributed by atoms with van der Waals surface area (Å²) in [5.41, 5.74) is 1.57. The highest BCUT2D eigenvalue weighted by Crippen LogP contribution is 2.23. The highest BCUT2D eigenvalue weighted by atomic mass is 35.7. The molecule has 0 atom stereocenters. The second kappa shape index (κ2) is 5.53. The van der Waals surface area contributed by atoms with Crippen molar-refractivity contribution in [3.8, 4) is 11.5 Å². The number of rotatable bonds is 5. The summed E-state index contributed by atoms with van der Waals surface area (Å²) in [5, 5.41) is 11.8. The largest absolute Gasteiger partial charge is 0.296 e. The van der Waals surface area contributed by atoms with Gasteiger partial charge in [0.15, 0.2) is 5.82 Å². The van der Waals surface area contributed by atoms with Crippen LogP contribution in [0.1, 0.15) is 26.0 Å². The Balaban J connectivity index is 2.65. The number of nitrogens with zero attached hydrogens (tertiary/aromatic N) is 5. The quantitative estimate of drug-likeness (QED) is 0.785. The topological polar surface area (TPSA) is 82.7 Å². The molecule has 20 heavy (non-hydrogen) atoms. The fraction of sp³-hybridized carbons (Fsp3) is 0.545. The van der Waals surface area contributed by atoms with E-state index in [0.717, 1.165) is 17.8 Å². The van der Waals surface area contributed by atoms with Crippen LogP contribution < -0.4 is 0 Å². The molecule has 0 saturated heterocycles. The Morgan fingerprint density at radius 3 is 2.55 bits per heavy atom. The molecule has 2 rings (SSSR count). The second-order valence-electron chi connectivity index (χ2n) is 4.38. The Morgan fingerprint density at radius 2 is 2.00 bits per heavy atom. The van der Waals surface area contributed by atoms with Gasteiger partial charge in [-0.2, -0.15) is 5.10 Å². The van der Waals surface area contributed by atoms with Gasteiger partial charge in [0, 0.05) is 23.8 Å². The first kappa shape index (κ1) is 15.0. The Bertz CT molecular complexity index is 719. The number of hydrogen-bond donors (Lipinski definition) is 0. The van der Waals surface area contributed by atoms with E-state index >= 15 is 0 Å². The minimum absolute atomic E-state index is 0.225. The predicted molar refractivity (Wildman–Crippen MR) is 75.0 cm³/mol. The lowest BCUT2D eigenvalue weighted by Crippen LogP contribution is -2.09. The number of aryl methyl sites for hydroxylation is 2. The average molecular weight is 318 g/mol. The maximum atomic E-state index is 11.6. The SMILES string of the molecule is CCCn1c(-c2cc(C)nn2CC)nnc1S(=O)(=O)Cl. The molecule has 0 aliphatic rings. The van der Waals surface area contributed by atoms with Crippen LogP contribution in [0.25, 0.3) is 11.5 Å². The van der Waals surface area contributed by atoms with Gasteiger partial charge in [-0.1, -0.05) is 6.92 Å². The molecule has 0 unspecified atom stereocenters. The van der Waals surface area contributed by atoms with Crippen molar-refractivity contribution in [2.45, 2.75) is 45.4 Å². The summed E-state index contributed by atoms with van der Waals surface area (Å²) >= 11 is 0. The normalized spacial score (nSPS) is 12.0. The minimum Gasteiger partial charge on any atom is -0.296 e. The zero-order chi connectivity index (χ0) is 14.9. The summed E-state index contributed by atoms with van der Waals surface area (Å²) < 4.78 is 26.4. The molecule has 7 nitrogen and oxygen atoms in total. The molecule has 2 heterocycles. The monoisotopic (exact) mass is 317 g/mol. The van der Waals surface area contributed by atoms with Gasteiger partial charge in [-0.25, -0.2) is 8.42 Å². The Kier molecular flexibility index (Phi) is 4.14. The fourth-order valence-corrected chi connectivity index (χ4v) is 2.97. The van der Waals surface area contributed by atoms with E-state index in [-0.39, 0.29) is 5.16 Å². The smallest absolute Gasteiger partial charge is 0.296 e. The molecule has 0 aromatic carbocycles. The summed E-state index contributed by atoms with van der Waals surface area (Å²) in [6.07, 6.45) is 0.740. The summed E-state index contributed by atoms with van der Waals surface area (Å²) in [6.45, 7) is 6.89. The molecular weight excluding hydrogens is 302 g/mol. The van der Waals surface area contributed by atoms with E-state index in [9.17, 15) is 8.42 Å². The van der Waals surface area contributed by atoms with Crippen molar-refractivity contribution in [3.05, 3.63) is 11.8 Å². The van der Waals surface area contributed by atoms with Crippen LogP contribution in [0.4, 0.5) is 0 Å². The third-order valence-electron chi connectivity index (χ3n) is 2.81. The maximum absolute atomic E-state index is 11.6. The molecule has 2 aromatic heterocycles. The highest BCUT2D eigenvalue weighted by molar-refractivity contribution is 8.13. The standard InChI is InChI=1S/C11H16ClN5O2S/c1-4-6-16-10(13-14-11(16)20(12,18)19)9-7-8(3)15-17(9)5-2/h7H,4-6H2,1-3H3. The number of aromatic nitrogens is 5. The zero-order valence-corrected chi connectivity index (χ0v) is 13.1. The number of halogens is 1. The summed E-state index contributed by atoms with van der Waals surface area (Å²) in [6, 6.07) is 1.85. The molecule has 0 amide bonds. The van der Waals surface area contributed by atoms with E-state index in [1.807, 2.05) is 26.8 Å². The third kappa shape index (κ3) is 2.71. The molecule has 2 aromatic rings. The van der Waals surface area contributed by atoms with Crippen molar-refractivity contribution in [2.75, 3.05) is 0 Å². The second-order valence-corrected chi connectivity index (χ2v) is 6.84. The first-order valence-corrected chi connectivity index (χ1v) is 8.62. The molecule has 0 aliphatic carbocycles. The summed E-state index contributed by atoms with van der Waals surface area (Å²) in [4.78, 5) is 0. The summed E-state index contributed by atoms with van der Waals surface area (Å²) in [7, 11) is 1.48. The lowest BCUT2D eigenvalue weighted by molar-refractivity contribution is 0.567. The predicted octanol–water partition coefficient (Wildman–Crippen LogP) is 1.81. The van der Waals surface area contributed by atoms with Gasteiger partial charge in [-0.05, 0) is 26.3 Å². The van der Waals surface area contributed by atoms with Crippen LogP contribution in [0.15, 0.2) is 11.2 Å². The molecule has 0 spiro atoms. The van der Waals surface area contributed by atoms with Crippen LogP contribution in [0.5, 0.6) is 0 Å². The van der Waals surface area contributed by atoms with E-state index in [0.29, 0.717) is 18.9 Å². The highest BCUT2D eigenvalue weighted by Gasteiger charge is 2.24. The summed E-state index contributed by atoms with van der Waals surface area (Å²) in [5.74, 6) is 0.466. The Labute approximate surface area is 122 Å². The maximum Gasteiger partial charge on any atom is 0.296 e. The van der Waals surface area contributed by atoms with Gasteiger partial charge in [-0.3, -0.25) is 9.25 Å². The van der Waals surface area contributed by atoms with Crippen LogP contribution in [-0.2, 0) is 22.1 Å². The lowest BCUT2D eigenvalue weighted by Gasteiger charge is -2.08. The van der Waals surface area contributed by atoms with E-state index in [1.54, 1.807) is 4.68 Å². The molecule has 9 heteroatoms. The van der Waals surface area contributed by atoms with Crippen molar-refractivity contribution in [1.82, 2.24) is 24.5 Å². The van der Waals surface area contributed by atoms with E-state index < -0.39 is 9.05 Å². The lowest BCUT2D eigenvalue weighted by atomic mass is 10.3. The average Bonchev–Trinajstić information content (AvgIpc) is 2.92. The van der Waals surface area contributed by atoms with Gasteiger partial charge in [0.25, 0.3) is 14.2 Å². The fourth-order valence-electron chi connectivity index (χ4n) is 2.05. The van der Waals surface area contributed by atoms with Crippen LogP contribution >= 0.6 is 10.7 Å². The van der Waals surface area contributed by atoms with Gasteiger partial charge in [0.05, 0.1) is 5.69 Å². The van der Waals surface area contributed by atoms with Crippen LogP contribution in [0, 0.1) is 6.92 Å². The molecule has 0 aliphatic heterocycles. The molecule has 0 bridgehead atoms. The van der Waals surface area contributed by atoms with E-state index in [1.165, 1.54) is 4.57 Å².